The van der Waals surface area contributed by atoms with Crippen LogP contribution >= 0.6 is 12.2 Å². The van der Waals surface area contributed by atoms with Gasteiger partial charge in [0.2, 0.25) is 0 Å². The van der Waals surface area contributed by atoms with E-state index in [0.717, 1.165) is 5.56 Å². The van der Waals surface area contributed by atoms with Crippen LogP contribution in [0.4, 0.5) is 0 Å². The standard InChI is InChI=1S/C17H22N2O4S/c1-9(2)23-16(20)13-10(3)18-17(24)19-14(13)11-7-6-8-12(21-4)15(11)22-5/h6-9,14H,1-5H3,(H2,18,19,24)/t14-/m0/s1. The van der Waals surface area contributed by atoms with E-state index >= 15 is 0 Å². The molecule has 1 aromatic carbocycles. The number of benzene rings is 1. The Kier molecular flexibility index (Phi) is 5.66. The summed E-state index contributed by atoms with van der Waals surface area (Å²) in [6.45, 7) is 5.41. The minimum Gasteiger partial charge on any atom is -0.493 e. The molecule has 24 heavy (non-hydrogen) atoms. The lowest BCUT2D eigenvalue weighted by Gasteiger charge is -2.31. The van der Waals surface area contributed by atoms with Crippen LogP contribution in [-0.4, -0.2) is 31.4 Å². The van der Waals surface area contributed by atoms with Crippen LogP contribution in [0, 0.1) is 0 Å². The van der Waals surface area contributed by atoms with Gasteiger partial charge in [0.1, 0.15) is 0 Å². The molecule has 1 atom stereocenters. The highest BCUT2D eigenvalue weighted by molar-refractivity contribution is 7.80. The van der Waals surface area contributed by atoms with Crippen molar-refractivity contribution in [3.63, 3.8) is 0 Å². The van der Waals surface area contributed by atoms with E-state index in [1.54, 1.807) is 27.2 Å². The van der Waals surface area contributed by atoms with E-state index < -0.39 is 12.0 Å². The molecule has 1 aromatic rings. The normalized spacial score (nSPS) is 17.2. The first-order valence-corrected chi connectivity index (χ1v) is 8.00. The Balaban J connectivity index is 2.55. The van der Waals surface area contributed by atoms with Crippen LogP contribution < -0.4 is 20.1 Å². The average Bonchev–Trinajstić information content (AvgIpc) is 2.52. The summed E-state index contributed by atoms with van der Waals surface area (Å²) < 4.78 is 16.2. The zero-order valence-electron chi connectivity index (χ0n) is 14.4. The Morgan fingerprint density at radius 3 is 2.54 bits per heavy atom. The summed E-state index contributed by atoms with van der Waals surface area (Å²) in [6.07, 6.45) is -0.223. The number of methoxy groups -OCH3 is 2. The predicted molar refractivity (Wildman–Crippen MR) is 95.1 cm³/mol. The van der Waals surface area contributed by atoms with Crippen molar-refractivity contribution in [2.24, 2.45) is 0 Å². The minimum atomic E-state index is -0.491. The van der Waals surface area contributed by atoms with Crippen molar-refractivity contribution in [1.29, 1.82) is 0 Å². The van der Waals surface area contributed by atoms with E-state index in [2.05, 4.69) is 10.6 Å². The van der Waals surface area contributed by atoms with E-state index in [1.807, 2.05) is 26.0 Å². The number of thiocarbonyl (C=S) groups is 1. The number of hydrogen-bond donors (Lipinski definition) is 2. The quantitative estimate of drug-likeness (QED) is 0.624. The minimum absolute atomic E-state index is 0.223. The lowest BCUT2D eigenvalue weighted by molar-refractivity contribution is -0.143. The molecule has 2 rings (SSSR count). The van der Waals surface area contributed by atoms with E-state index in [0.29, 0.717) is 27.9 Å². The molecule has 2 N–H and O–H groups in total. The maximum atomic E-state index is 12.6. The van der Waals surface area contributed by atoms with Gasteiger partial charge in [0, 0.05) is 11.3 Å². The molecule has 0 saturated heterocycles. The smallest absolute Gasteiger partial charge is 0.338 e. The lowest BCUT2D eigenvalue weighted by Crippen LogP contribution is -2.45. The van der Waals surface area contributed by atoms with Gasteiger partial charge in [0.25, 0.3) is 0 Å². The number of ether oxygens (including phenoxy) is 3. The maximum Gasteiger partial charge on any atom is 0.338 e. The van der Waals surface area contributed by atoms with Crippen LogP contribution in [0.3, 0.4) is 0 Å². The molecular weight excluding hydrogens is 328 g/mol. The Labute approximate surface area is 147 Å². The molecule has 0 saturated carbocycles. The van der Waals surface area contributed by atoms with Crippen molar-refractivity contribution in [1.82, 2.24) is 10.6 Å². The number of carbonyl (C=O) groups is 1. The summed E-state index contributed by atoms with van der Waals surface area (Å²) in [5.74, 6) is 0.722. The van der Waals surface area contributed by atoms with Crippen molar-refractivity contribution in [3.8, 4) is 11.5 Å². The van der Waals surface area contributed by atoms with E-state index in [9.17, 15) is 4.79 Å². The first-order chi connectivity index (χ1) is 11.4. The monoisotopic (exact) mass is 350 g/mol. The first-order valence-electron chi connectivity index (χ1n) is 7.59. The van der Waals surface area contributed by atoms with Crippen LogP contribution in [0.15, 0.2) is 29.5 Å². The topological polar surface area (TPSA) is 68.8 Å². The molecular formula is C17H22N2O4S. The highest BCUT2D eigenvalue weighted by atomic mass is 32.1. The molecule has 0 unspecified atom stereocenters. The summed E-state index contributed by atoms with van der Waals surface area (Å²) in [7, 11) is 3.13. The van der Waals surface area contributed by atoms with Gasteiger partial charge in [0.05, 0.1) is 31.9 Å². The fourth-order valence-electron chi connectivity index (χ4n) is 2.61. The van der Waals surface area contributed by atoms with Gasteiger partial charge in [0.15, 0.2) is 16.6 Å². The number of nitrogens with one attached hydrogen (secondary N) is 2. The number of esters is 1. The van der Waals surface area contributed by atoms with Gasteiger partial charge < -0.3 is 24.8 Å². The van der Waals surface area contributed by atoms with Gasteiger partial charge in [-0.3, -0.25) is 0 Å². The summed E-state index contributed by atoms with van der Waals surface area (Å²) in [4.78, 5) is 12.6. The Morgan fingerprint density at radius 2 is 1.96 bits per heavy atom. The van der Waals surface area contributed by atoms with Gasteiger partial charge in [-0.05, 0) is 39.1 Å². The van der Waals surface area contributed by atoms with Crippen LogP contribution in [0.5, 0.6) is 11.5 Å². The molecule has 0 aromatic heterocycles. The fraction of sp³-hybridized carbons (Fsp3) is 0.412. The number of carbonyl (C=O) groups excluding carboxylic acids is 1. The van der Waals surface area contributed by atoms with E-state index in [-0.39, 0.29) is 6.10 Å². The molecule has 130 valence electrons. The summed E-state index contributed by atoms with van der Waals surface area (Å²) in [5, 5.41) is 6.53. The van der Waals surface area contributed by atoms with Gasteiger partial charge in [-0.15, -0.1) is 0 Å². The third kappa shape index (κ3) is 3.62. The molecule has 0 spiro atoms. The molecule has 0 aliphatic carbocycles. The average molecular weight is 350 g/mol. The predicted octanol–water partition coefficient (Wildman–Crippen LogP) is 2.45. The summed E-state index contributed by atoms with van der Waals surface area (Å²) in [6, 6.07) is 5.01. The van der Waals surface area contributed by atoms with Crippen molar-refractivity contribution < 1.29 is 19.0 Å². The molecule has 0 radical (unpaired) electrons. The molecule has 7 heteroatoms. The third-order valence-electron chi connectivity index (χ3n) is 3.58. The summed E-state index contributed by atoms with van der Waals surface area (Å²) in [5.41, 5.74) is 1.86. The highest BCUT2D eigenvalue weighted by Gasteiger charge is 2.33. The Morgan fingerprint density at radius 1 is 1.25 bits per heavy atom. The third-order valence-corrected chi connectivity index (χ3v) is 3.80. The number of hydrogen-bond acceptors (Lipinski definition) is 5. The van der Waals surface area contributed by atoms with E-state index in [1.165, 1.54) is 0 Å². The second-order valence-corrected chi connectivity index (χ2v) is 6.02. The molecule has 0 amide bonds. The number of para-hydroxylation sites is 1. The molecule has 6 nitrogen and oxygen atoms in total. The molecule has 1 aliphatic heterocycles. The second-order valence-electron chi connectivity index (χ2n) is 5.61. The lowest BCUT2D eigenvalue weighted by atomic mass is 9.94. The Hall–Kier alpha value is -2.28. The SMILES string of the molecule is COc1cccc([C@@H]2NC(=S)NC(C)=C2C(=O)OC(C)C)c1OC. The summed E-state index contributed by atoms with van der Waals surface area (Å²) >= 11 is 5.25. The van der Waals surface area contributed by atoms with Crippen LogP contribution in [-0.2, 0) is 9.53 Å². The van der Waals surface area contributed by atoms with Crippen molar-refractivity contribution in [2.45, 2.75) is 32.9 Å². The van der Waals surface area contributed by atoms with Gasteiger partial charge in [-0.2, -0.15) is 0 Å². The zero-order valence-corrected chi connectivity index (χ0v) is 15.2. The zero-order chi connectivity index (χ0) is 17.9. The van der Waals surface area contributed by atoms with Crippen molar-refractivity contribution in [2.75, 3.05) is 14.2 Å². The molecule has 0 bridgehead atoms. The fourth-order valence-corrected chi connectivity index (χ4v) is 2.89. The molecule has 0 fully saturated rings. The van der Waals surface area contributed by atoms with Crippen molar-refractivity contribution >= 4 is 23.3 Å². The van der Waals surface area contributed by atoms with Gasteiger partial charge >= 0.3 is 5.97 Å². The van der Waals surface area contributed by atoms with Crippen LogP contribution in [0.1, 0.15) is 32.4 Å². The van der Waals surface area contributed by atoms with Gasteiger partial charge in [-0.25, -0.2) is 4.79 Å². The Bertz CT molecular complexity index is 685. The van der Waals surface area contributed by atoms with Crippen LogP contribution in [0.25, 0.3) is 0 Å². The largest absolute Gasteiger partial charge is 0.493 e. The molecule has 1 aliphatic rings. The first kappa shape index (κ1) is 18.1. The second kappa shape index (κ2) is 7.53. The van der Waals surface area contributed by atoms with Crippen LogP contribution in [0.2, 0.25) is 0 Å². The number of allylic oxidation sites excluding steroid dienone is 1. The van der Waals surface area contributed by atoms with Gasteiger partial charge in [-0.1, -0.05) is 12.1 Å². The maximum absolute atomic E-state index is 12.6. The highest BCUT2D eigenvalue weighted by Crippen LogP contribution is 2.39. The molecule has 1 heterocycles. The number of rotatable bonds is 5. The van der Waals surface area contributed by atoms with Crippen molar-refractivity contribution in [3.05, 3.63) is 35.0 Å². The van der Waals surface area contributed by atoms with E-state index in [4.69, 9.17) is 26.4 Å².